The molecule has 4 aromatic rings. The molecule has 0 unspecified atom stereocenters. The molecule has 2 N–H and O–H groups in total. The molecule has 6 nitrogen and oxygen atoms in total. The maximum Gasteiger partial charge on any atom is 0.228 e. The van der Waals surface area contributed by atoms with Crippen LogP contribution in [0, 0.1) is 12.7 Å². The molecule has 3 aromatic carbocycles. The third kappa shape index (κ3) is 5.24. The highest BCUT2D eigenvalue weighted by molar-refractivity contribution is 5.96. The molecule has 1 aromatic heterocycles. The van der Waals surface area contributed by atoms with Crippen molar-refractivity contribution in [3.8, 4) is 0 Å². The zero-order valence-corrected chi connectivity index (χ0v) is 19.7. The number of carbonyl (C=O) groups is 1. The van der Waals surface area contributed by atoms with Gasteiger partial charge in [-0.1, -0.05) is 54.6 Å². The summed E-state index contributed by atoms with van der Waals surface area (Å²) in [6, 6.07) is 21.6. The molecule has 1 fully saturated rings. The fourth-order valence-corrected chi connectivity index (χ4v) is 4.44. The van der Waals surface area contributed by atoms with E-state index >= 15 is 0 Å². The van der Waals surface area contributed by atoms with Gasteiger partial charge >= 0.3 is 0 Å². The maximum atomic E-state index is 14.6. The van der Waals surface area contributed by atoms with Gasteiger partial charge in [0, 0.05) is 25.3 Å². The van der Waals surface area contributed by atoms with Crippen molar-refractivity contribution < 1.29 is 9.18 Å². The van der Waals surface area contributed by atoms with Crippen molar-refractivity contribution in [2.24, 2.45) is 0 Å². The summed E-state index contributed by atoms with van der Waals surface area (Å²) in [6.07, 6.45) is 2.51. The van der Waals surface area contributed by atoms with Gasteiger partial charge in [-0.2, -0.15) is 4.98 Å². The van der Waals surface area contributed by atoms with E-state index in [1.165, 1.54) is 0 Å². The number of carbonyl (C=O) groups excluding carboxylic acids is 1. The minimum atomic E-state index is -0.426. The van der Waals surface area contributed by atoms with Gasteiger partial charge in [-0.15, -0.1) is 0 Å². The number of nitrogens with zero attached hydrogens (tertiary/aromatic N) is 3. The van der Waals surface area contributed by atoms with Crippen LogP contribution in [0.4, 0.5) is 21.8 Å². The van der Waals surface area contributed by atoms with E-state index in [0.29, 0.717) is 24.6 Å². The molecular weight excluding hydrogens is 441 g/mol. The number of anilines is 3. The molecule has 1 aliphatic rings. The van der Waals surface area contributed by atoms with Crippen LogP contribution >= 0.6 is 0 Å². The van der Waals surface area contributed by atoms with E-state index in [1.807, 2.05) is 66.7 Å². The Kier molecular flexibility index (Phi) is 6.57. The lowest BCUT2D eigenvalue weighted by molar-refractivity contribution is -0.115. The van der Waals surface area contributed by atoms with E-state index in [2.05, 4.69) is 25.5 Å². The topological polar surface area (TPSA) is 70.2 Å². The Morgan fingerprint density at radius 3 is 2.51 bits per heavy atom. The van der Waals surface area contributed by atoms with Crippen LogP contribution in [-0.2, 0) is 17.8 Å². The molecule has 1 amide bonds. The molecular formula is C28H28FN5O. The summed E-state index contributed by atoms with van der Waals surface area (Å²) in [5.74, 6) is 0.297. The molecule has 5 rings (SSSR count). The Bertz CT molecular complexity index is 1340. The molecule has 0 aliphatic carbocycles. The summed E-state index contributed by atoms with van der Waals surface area (Å²) in [7, 11) is 0. The molecule has 1 saturated heterocycles. The number of nitrogens with one attached hydrogen (secondary N) is 2. The minimum absolute atomic E-state index is 0.0693. The normalized spacial score (nSPS) is 13.3. The smallest absolute Gasteiger partial charge is 0.228 e. The van der Waals surface area contributed by atoms with Crippen molar-refractivity contribution in [1.82, 2.24) is 9.97 Å². The second-order valence-electron chi connectivity index (χ2n) is 8.88. The Balaban J connectivity index is 1.21. The van der Waals surface area contributed by atoms with Crippen molar-refractivity contribution in [2.45, 2.75) is 32.7 Å². The second kappa shape index (κ2) is 10.1. The number of hydrogen-bond donors (Lipinski definition) is 2. The Hall–Kier alpha value is -4.00. The highest BCUT2D eigenvalue weighted by Crippen LogP contribution is 2.23. The molecule has 0 bridgehead atoms. The third-order valence-electron chi connectivity index (χ3n) is 6.32. The fraction of sp³-hybridized carbons (Fsp3) is 0.250. The quantitative estimate of drug-likeness (QED) is 0.376. The van der Waals surface area contributed by atoms with Crippen molar-refractivity contribution in [3.05, 3.63) is 89.4 Å². The molecule has 0 radical (unpaired) electrons. The first kappa shape index (κ1) is 22.8. The van der Waals surface area contributed by atoms with Crippen LogP contribution in [-0.4, -0.2) is 29.0 Å². The van der Waals surface area contributed by atoms with Crippen LogP contribution in [0.1, 0.15) is 29.7 Å². The number of fused-ring (bicyclic) bond motifs is 1. The Morgan fingerprint density at radius 2 is 1.71 bits per heavy atom. The average molecular weight is 470 g/mol. The minimum Gasteiger partial charge on any atom is -0.363 e. The molecule has 35 heavy (non-hydrogen) atoms. The highest BCUT2D eigenvalue weighted by Gasteiger charge is 2.19. The van der Waals surface area contributed by atoms with Gasteiger partial charge < -0.3 is 15.5 Å². The van der Waals surface area contributed by atoms with Crippen molar-refractivity contribution >= 4 is 34.1 Å². The fourth-order valence-electron chi connectivity index (χ4n) is 4.44. The number of aromatic nitrogens is 2. The van der Waals surface area contributed by atoms with Gasteiger partial charge in [-0.25, -0.2) is 9.37 Å². The number of hydrogen-bond acceptors (Lipinski definition) is 5. The monoisotopic (exact) mass is 469 g/mol. The third-order valence-corrected chi connectivity index (χ3v) is 6.32. The van der Waals surface area contributed by atoms with Gasteiger partial charge in [0.05, 0.1) is 12.1 Å². The van der Waals surface area contributed by atoms with Gasteiger partial charge in [-0.05, 0) is 53.8 Å². The van der Waals surface area contributed by atoms with E-state index in [0.717, 1.165) is 53.5 Å². The van der Waals surface area contributed by atoms with E-state index in [-0.39, 0.29) is 11.7 Å². The van der Waals surface area contributed by atoms with Gasteiger partial charge in [0.2, 0.25) is 11.9 Å². The summed E-state index contributed by atoms with van der Waals surface area (Å²) in [5, 5.41) is 8.28. The standard InChI is InChI=1S/C28H28FN5O/c1-19-26(29)27(33-28(31-19)34-15-4-5-16-34)30-18-20-11-13-23(14-12-20)32-25(35)17-22-9-6-8-21-7-2-3-10-24(21)22/h2-3,6-14H,4-5,15-18H2,1H3,(H,32,35)(H,30,31,33). The average Bonchev–Trinajstić information content (AvgIpc) is 3.41. The maximum absolute atomic E-state index is 14.6. The summed E-state index contributed by atoms with van der Waals surface area (Å²) in [5.41, 5.74) is 3.01. The summed E-state index contributed by atoms with van der Waals surface area (Å²) >= 11 is 0. The SMILES string of the molecule is Cc1nc(N2CCCC2)nc(NCc2ccc(NC(=O)Cc3cccc4ccccc34)cc2)c1F. The van der Waals surface area contributed by atoms with Crippen molar-refractivity contribution in [1.29, 1.82) is 0 Å². The number of rotatable bonds is 7. The summed E-state index contributed by atoms with van der Waals surface area (Å²) in [4.78, 5) is 23.5. The second-order valence-corrected chi connectivity index (χ2v) is 8.88. The molecule has 2 heterocycles. The molecule has 7 heteroatoms. The van der Waals surface area contributed by atoms with E-state index in [4.69, 9.17) is 0 Å². The number of aryl methyl sites for hydroxylation is 1. The van der Waals surface area contributed by atoms with Gasteiger partial charge in [-0.3, -0.25) is 4.79 Å². The van der Waals surface area contributed by atoms with Gasteiger partial charge in [0.15, 0.2) is 11.6 Å². The summed E-state index contributed by atoms with van der Waals surface area (Å²) in [6.45, 7) is 3.88. The van der Waals surface area contributed by atoms with Crippen molar-refractivity contribution in [3.63, 3.8) is 0 Å². The molecule has 0 atom stereocenters. The number of amides is 1. The predicted molar refractivity (Wildman–Crippen MR) is 138 cm³/mol. The van der Waals surface area contributed by atoms with E-state index in [9.17, 15) is 9.18 Å². The molecule has 1 aliphatic heterocycles. The van der Waals surface area contributed by atoms with E-state index in [1.54, 1.807) is 6.92 Å². The zero-order valence-electron chi connectivity index (χ0n) is 19.7. The lowest BCUT2D eigenvalue weighted by Crippen LogP contribution is -2.22. The van der Waals surface area contributed by atoms with Crippen LogP contribution in [0.5, 0.6) is 0 Å². The Labute approximate surface area is 204 Å². The molecule has 0 spiro atoms. The van der Waals surface area contributed by atoms with Crippen LogP contribution in [0.15, 0.2) is 66.7 Å². The molecule has 0 saturated carbocycles. The first-order valence-corrected chi connectivity index (χ1v) is 12.0. The van der Waals surface area contributed by atoms with Crippen LogP contribution < -0.4 is 15.5 Å². The van der Waals surface area contributed by atoms with Crippen LogP contribution in [0.3, 0.4) is 0 Å². The van der Waals surface area contributed by atoms with Crippen molar-refractivity contribution in [2.75, 3.05) is 28.6 Å². The van der Waals surface area contributed by atoms with Crippen LogP contribution in [0.25, 0.3) is 10.8 Å². The first-order valence-electron chi connectivity index (χ1n) is 12.0. The zero-order chi connectivity index (χ0) is 24.2. The summed E-state index contributed by atoms with van der Waals surface area (Å²) < 4.78 is 14.6. The Morgan fingerprint density at radius 1 is 0.971 bits per heavy atom. The first-order chi connectivity index (χ1) is 17.1. The van der Waals surface area contributed by atoms with Gasteiger partial charge in [0.1, 0.15) is 0 Å². The number of halogens is 1. The number of benzene rings is 3. The predicted octanol–water partition coefficient (Wildman–Crippen LogP) is 5.47. The van der Waals surface area contributed by atoms with Crippen LogP contribution in [0.2, 0.25) is 0 Å². The lowest BCUT2D eigenvalue weighted by Gasteiger charge is -2.17. The van der Waals surface area contributed by atoms with E-state index < -0.39 is 5.82 Å². The van der Waals surface area contributed by atoms with Gasteiger partial charge in [0.25, 0.3) is 0 Å². The molecule has 178 valence electrons. The lowest BCUT2D eigenvalue weighted by atomic mass is 10.0. The highest BCUT2D eigenvalue weighted by atomic mass is 19.1. The largest absolute Gasteiger partial charge is 0.363 e.